The molecule has 1 heterocycles. The van der Waals surface area contributed by atoms with Crippen molar-refractivity contribution >= 4 is 23.5 Å². The standard InChI is InChI=1S/C21H21NO4/c1-4-26-21(25)12-6-5-7-13(10-12)22-19(23)17-14-8-9-15(16(14)11(2)3)18(17)20(22)24/h5-10,14-15,17-18H,4H2,1-3H3/t14-,15-,17-,18-/m0/s1. The first-order chi connectivity index (χ1) is 12.5. The van der Waals surface area contributed by atoms with Crippen LogP contribution in [-0.4, -0.2) is 24.4 Å². The molecular weight excluding hydrogens is 330 g/mol. The number of hydrogen-bond donors (Lipinski definition) is 0. The maximum atomic E-state index is 13.1. The van der Waals surface area contributed by atoms with Crippen molar-refractivity contribution in [1.82, 2.24) is 0 Å². The number of imide groups is 1. The predicted octanol–water partition coefficient (Wildman–Crippen LogP) is 3.12. The van der Waals surface area contributed by atoms with Crippen LogP contribution in [-0.2, 0) is 14.3 Å². The van der Waals surface area contributed by atoms with Crippen LogP contribution < -0.4 is 4.90 Å². The highest BCUT2D eigenvalue weighted by atomic mass is 16.5. The third-order valence-electron chi connectivity index (χ3n) is 5.61. The van der Waals surface area contributed by atoms with E-state index in [9.17, 15) is 14.4 Å². The lowest BCUT2D eigenvalue weighted by atomic mass is 9.85. The molecule has 1 aliphatic heterocycles. The Kier molecular flexibility index (Phi) is 3.83. The highest BCUT2D eigenvalue weighted by Crippen LogP contribution is 2.57. The van der Waals surface area contributed by atoms with Gasteiger partial charge in [-0.2, -0.15) is 0 Å². The molecule has 2 bridgehead atoms. The van der Waals surface area contributed by atoms with E-state index in [0.717, 1.165) is 0 Å². The van der Waals surface area contributed by atoms with Gasteiger partial charge in [-0.15, -0.1) is 0 Å². The topological polar surface area (TPSA) is 63.7 Å². The highest BCUT2D eigenvalue weighted by Gasteiger charge is 2.61. The van der Waals surface area contributed by atoms with E-state index in [-0.39, 0.29) is 42.1 Å². The third kappa shape index (κ3) is 2.19. The van der Waals surface area contributed by atoms with Crippen LogP contribution in [0, 0.1) is 23.7 Å². The van der Waals surface area contributed by atoms with Crippen LogP contribution in [0.2, 0.25) is 0 Å². The van der Waals surface area contributed by atoms with E-state index in [1.807, 2.05) is 13.8 Å². The molecule has 0 aromatic heterocycles. The van der Waals surface area contributed by atoms with Gasteiger partial charge in [0.05, 0.1) is 29.7 Å². The van der Waals surface area contributed by atoms with Crippen molar-refractivity contribution < 1.29 is 19.1 Å². The molecule has 2 fully saturated rings. The summed E-state index contributed by atoms with van der Waals surface area (Å²) in [5.41, 5.74) is 3.20. The maximum absolute atomic E-state index is 13.1. The number of carbonyl (C=O) groups is 3. The number of benzene rings is 1. The number of amides is 2. The van der Waals surface area contributed by atoms with Crippen LogP contribution in [0.5, 0.6) is 0 Å². The fourth-order valence-corrected chi connectivity index (χ4v) is 4.67. The molecule has 3 aliphatic rings. The lowest BCUT2D eigenvalue weighted by molar-refractivity contribution is -0.122. The molecule has 0 radical (unpaired) electrons. The summed E-state index contributed by atoms with van der Waals surface area (Å²) in [6.45, 7) is 6.09. The second kappa shape index (κ2) is 5.94. The fraction of sp³-hybridized carbons (Fsp3) is 0.381. The number of esters is 1. The van der Waals surface area contributed by atoms with Crippen molar-refractivity contribution in [3.05, 3.63) is 53.1 Å². The van der Waals surface area contributed by atoms with Crippen LogP contribution in [0.15, 0.2) is 47.6 Å². The number of nitrogens with zero attached hydrogens (tertiary/aromatic N) is 1. The molecule has 0 N–H and O–H groups in total. The van der Waals surface area contributed by atoms with Crippen molar-refractivity contribution in [3.63, 3.8) is 0 Å². The predicted molar refractivity (Wildman–Crippen MR) is 96.4 cm³/mol. The van der Waals surface area contributed by atoms with Gasteiger partial charge in [0.15, 0.2) is 0 Å². The summed E-state index contributed by atoms with van der Waals surface area (Å²) in [7, 11) is 0. The van der Waals surface area contributed by atoms with E-state index in [0.29, 0.717) is 11.3 Å². The summed E-state index contributed by atoms with van der Waals surface area (Å²) in [6, 6.07) is 6.55. The Labute approximate surface area is 152 Å². The molecule has 134 valence electrons. The molecule has 2 aliphatic carbocycles. The van der Waals surface area contributed by atoms with E-state index >= 15 is 0 Å². The summed E-state index contributed by atoms with van der Waals surface area (Å²) < 4.78 is 5.01. The summed E-state index contributed by atoms with van der Waals surface area (Å²) in [5, 5.41) is 0. The van der Waals surface area contributed by atoms with Crippen molar-refractivity contribution in [2.24, 2.45) is 23.7 Å². The first kappa shape index (κ1) is 16.8. The lowest BCUT2D eigenvalue weighted by Gasteiger charge is -2.19. The monoisotopic (exact) mass is 351 g/mol. The van der Waals surface area contributed by atoms with Gasteiger partial charge in [0.25, 0.3) is 0 Å². The SMILES string of the molecule is CCOC(=O)c1cccc(N2C(=O)[C@@H]3[C@@H](C2=O)[C@H]2C=C[C@H]3C2=C(C)C)c1. The van der Waals surface area contributed by atoms with E-state index in [1.54, 1.807) is 31.2 Å². The molecule has 26 heavy (non-hydrogen) atoms. The number of rotatable bonds is 3. The Bertz CT molecular complexity index is 844. The number of allylic oxidation sites excluding steroid dienone is 4. The molecule has 0 unspecified atom stereocenters. The van der Waals surface area contributed by atoms with Crippen molar-refractivity contribution in [3.8, 4) is 0 Å². The Balaban J connectivity index is 1.69. The van der Waals surface area contributed by atoms with E-state index < -0.39 is 5.97 Å². The van der Waals surface area contributed by atoms with Crippen molar-refractivity contribution in [2.45, 2.75) is 20.8 Å². The molecule has 2 amide bonds. The Morgan fingerprint density at radius 3 is 2.23 bits per heavy atom. The van der Waals surface area contributed by atoms with Gasteiger partial charge in [0, 0.05) is 11.8 Å². The van der Waals surface area contributed by atoms with E-state index in [4.69, 9.17) is 4.74 Å². The largest absolute Gasteiger partial charge is 0.462 e. The molecule has 1 saturated heterocycles. The lowest BCUT2D eigenvalue weighted by Crippen LogP contribution is -2.33. The molecule has 5 heteroatoms. The number of carbonyl (C=O) groups excluding carboxylic acids is 3. The molecule has 5 nitrogen and oxygen atoms in total. The van der Waals surface area contributed by atoms with Gasteiger partial charge in [-0.25, -0.2) is 9.69 Å². The van der Waals surface area contributed by atoms with Gasteiger partial charge in [-0.1, -0.05) is 29.4 Å². The number of hydrogen-bond acceptors (Lipinski definition) is 4. The van der Waals surface area contributed by atoms with Gasteiger partial charge in [0.2, 0.25) is 11.8 Å². The van der Waals surface area contributed by atoms with Gasteiger partial charge in [0.1, 0.15) is 0 Å². The van der Waals surface area contributed by atoms with Gasteiger partial charge >= 0.3 is 5.97 Å². The average molecular weight is 351 g/mol. The van der Waals surface area contributed by atoms with Crippen molar-refractivity contribution in [1.29, 1.82) is 0 Å². The number of ether oxygens (including phenoxy) is 1. The first-order valence-electron chi connectivity index (χ1n) is 8.96. The zero-order chi connectivity index (χ0) is 18.6. The smallest absolute Gasteiger partial charge is 0.338 e. The molecule has 4 rings (SSSR count). The molecule has 1 aromatic carbocycles. The van der Waals surface area contributed by atoms with Crippen molar-refractivity contribution in [2.75, 3.05) is 11.5 Å². The highest BCUT2D eigenvalue weighted by molar-refractivity contribution is 6.23. The fourth-order valence-electron chi connectivity index (χ4n) is 4.67. The van der Waals surface area contributed by atoms with Crippen LogP contribution in [0.25, 0.3) is 0 Å². The molecule has 1 aromatic rings. The summed E-state index contributed by atoms with van der Waals surface area (Å²) in [5.74, 6) is -1.41. The van der Waals surface area contributed by atoms with E-state index in [2.05, 4.69) is 12.2 Å². The quantitative estimate of drug-likeness (QED) is 0.477. The molecule has 0 spiro atoms. The van der Waals surface area contributed by atoms with Crippen LogP contribution in [0.1, 0.15) is 31.1 Å². The zero-order valence-electron chi connectivity index (χ0n) is 15.1. The number of anilines is 1. The molecule has 4 atom stereocenters. The minimum absolute atomic E-state index is 0.0182. The second-order valence-corrected chi connectivity index (χ2v) is 7.23. The minimum Gasteiger partial charge on any atom is -0.462 e. The Morgan fingerprint density at radius 2 is 1.69 bits per heavy atom. The third-order valence-corrected chi connectivity index (χ3v) is 5.61. The molecular formula is C21H21NO4. The van der Waals surface area contributed by atoms with Crippen LogP contribution in [0.4, 0.5) is 5.69 Å². The second-order valence-electron chi connectivity index (χ2n) is 7.23. The molecule has 1 saturated carbocycles. The number of fused-ring (bicyclic) bond motifs is 5. The first-order valence-corrected chi connectivity index (χ1v) is 8.96. The zero-order valence-corrected chi connectivity index (χ0v) is 15.1. The Morgan fingerprint density at radius 1 is 1.08 bits per heavy atom. The van der Waals surface area contributed by atoms with Gasteiger partial charge in [-0.05, 0) is 39.0 Å². The summed E-state index contributed by atoms with van der Waals surface area (Å²) >= 11 is 0. The summed E-state index contributed by atoms with van der Waals surface area (Å²) in [4.78, 5) is 39.4. The minimum atomic E-state index is -0.456. The average Bonchev–Trinajstić information content (AvgIpc) is 3.25. The maximum Gasteiger partial charge on any atom is 0.338 e. The van der Waals surface area contributed by atoms with Crippen LogP contribution in [0.3, 0.4) is 0 Å². The normalized spacial score (nSPS) is 28.7. The Hall–Kier alpha value is -2.69. The van der Waals surface area contributed by atoms with E-state index in [1.165, 1.54) is 16.0 Å². The summed E-state index contributed by atoms with van der Waals surface area (Å²) in [6.07, 6.45) is 4.13. The van der Waals surface area contributed by atoms with Gasteiger partial charge < -0.3 is 4.74 Å². The van der Waals surface area contributed by atoms with Gasteiger partial charge in [-0.3, -0.25) is 9.59 Å². The van der Waals surface area contributed by atoms with Crippen LogP contribution >= 0.6 is 0 Å².